The number of aliphatic hydroxyl groups excluding tert-OH is 1. The van der Waals surface area contributed by atoms with Gasteiger partial charge in [-0.25, -0.2) is 0 Å². The molecular formula is C19H22N2O5. The smallest absolute Gasteiger partial charge is 0.261 e. The van der Waals surface area contributed by atoms with Gasteiger partial charge in [0.1, 0.15) is 0 Å². The first-order chi connectivity index (χ1) is 12.3. The van der Waals surface area contributed by atoms with Gasteiger partial charge in [0.2, 0.25) is 11.8 Å². The van der Waals surface area contributed by atoms with E-state index in [0.29, 0.717) is 24.0 Å². The summed E-state index contributed by atoms with van der Waals surface area (Å²) >= 11 is 0. The first-order valence-electron chi connectivity index (χ1n) is 8.82. The molecule has 1 fully saturated rings. The SMILES string of the molecule is CCC1(CC)CC(=O)N(C[C@@H](O)CN2C(=O)c3ccccc3C2=O)C1=O. The Hall–Kier alpha value is -2.54. The Morgan fingerprint density at radius 1 is 0.962 bits per heavy atom. The van der Waals surface area contributed by atoms with Gasteiger partial charge < -0.3 is 5.11 Å². The third-order valence-electron chi connectivity index (χ3n) is 5.51. The molecule has 0 bridgehead atoms. The quantitative estimate of drug-likeness (QED) is 0.771. The number of carbonyl (C=O) groups is 4. The van der Waals surface area contributed by atoms with E-state index in [2.05, 4.69) is 0 Å². The molecule has 2 aliphatic heterocycles. The van der Waals surface area contributed by atoms with Crippen molar-refractivity contribution in [3.05, 3.63) is 35.4 Å². The number of aliphatic hydroxyl groups is 1. The predicted octanol–water partition coefficient (Wildman–Crippen LogP) is 1.21. The maximum Gasteiger partial charge on any atom is 0.261 e. The summed E-state index contributed by atoms with van der Waals surface area (Å²) in [7, 11) is 0. The molecule has 0 aliphatic carbocycles. The van der Waals surface area contributed by atoms with E-state index in [4.69, 9.17) is 0 Å². The molecule has 2 heterocycles. The molecule has 0 radical (unpaired) electrons. The van der Waals surface area contributed by atoms with Crippen LogP contribution < -0.4 is 0 Å². The Morgan fingerprint density at radius 3 is 1.92 bits per heavy atom. The molecule has 138 valence electrons. The fourth-order valence-corrected chi connectivity index (χ4v) is 3.73. The average Bonchev–Trinajstić information content (AvgIpc) is 3.02. The number of benzene rings is 1. The number of rotatable bonds is 6. The van der Waals surface area contributed by atoms with E-state index in [1.54, 1.807) is 24.3 Å². The Balaban J connectivity index is 1.70. The number of hydrogen-bond donors (Lipinski definition) is 1. The van der Waals surface area contributed by atoms with E-state index in [1.807, 2.05) is 13.8 Å². The highest BCUT2D eigenvalue weighted by atomic mass is 16.3. The second-order valence-electron chi connectivity index (χ2n) is 6.89. The highest BCUT2D eigenvalue weighted by Crippen LogP contribution is 2.39. The average molecular weight is 358 g/mol. The van der Waals surface area contributed by atoms with Crippen molar-refractivity contribution in [3.63, 3.8) is 0 Å². The van der Waals surface area contributed by atoms with Crippen LogP contribution in [0.5, 0.6) is 0 Å². The van der Waals surface area contributed by atoms with Crippen LogP contribution in [0, 0.1) is 5.41 Å². The summed E-state index contributed by atoms with van der Waals surface area (Å²) in [4.78, 5) is 51.6. The molecule has 26 heavy (non-hydrogen) atoms. The minimum atomic E-state index is -1.19. The van der Waals surface area contributed by atoms with Crippen LogP contribution in [0.25, 0.3) is 0 Å². The predicted molar refractivity (Wildman–Crippen MR) is 92.2 cm³/mol. The lowest BCUT2D eigenvalue weighted by Gasteiger charge is -2.26. The van der Waals surface area contributed by atoms with Crippen molar-refractivity contribution in [1.82, 2.24) is 9.80 Å². The number of hydrogen-bond acceptors (Lipinski definition) is 5. The standard InChI is InChI=1S/C19H22N2O5/c1-3-19(4-2)9-15(23)20(18(19)26)10-12(22)11-21-16(24)13-7-5-6-8-14(13)17(21)25/h5-8,12,22H,3-4,9-11H2,1-2H3/t12-/m1/s1. The molecule has 1 atom stereocenters. The van der Waals surface area contributed by atoms with Gasteiger partial charge >= 0.3 is 0 Å². The molecular weight excluding hydrogens is 336 g/mol. The van der Waals surface area contributed by atoms with Gasteiger partial charge in [0.25, 0.3) is 11.8 Å². The topological polar surface area (TPSA) is 95.0 Å². The fourth-order valence-electron chi connectivity index (χ4n) is 3.73. The number of carbonyl (C=O) groups excluding carboxylic acids is 4. The normalized spacial score (nSPS) is 20.1. The van der Waals surface area contributed by atoms with Crippen LogP contribution in [0.2, 0.25) is 0 Å². The maximum absolute atomic E-state index is 12.6. The molecule has 0 saturated carbocycles. The number of likely N-dealkylation sites (tertiary alicyclic amines) is 1. The first-order valence-corrected chi connectivity index (χ1v) is 8.82. The molecule has 4 amide bonds. The van der Waals surface area contributed by atoms with Crippen molar-refractivity contribution in [2.24, 2.45) is 5.41 Å². The Morgan fingerprint density at radius 2 is 1.46 bits per heavy atom. The van der Waals surface area contributed by atoms with Gasteiger partial charge in [0, 0.05) is 6.42 Å². The number of imide groups is 2. The van der Waals surface area contributed by atoms with Gasteiger partial charge in [-0.1, -0.05) is 26.0 Å². The highest BCUT2D eigenvalue weighted by Gasteiger charge is 2.49. The molecule has 7 nitrogen and oxygen atoms in total. The van der Waals surface area contributed by atoms with Gasteiger partial charge in [-0.3, -0.25) is 29.0 Å². The van der Waals surface area contributed by atoms with Crippen molar-refractivity contribution >= 4 is 23.6 Å². The van der Waals surface area contributed by atoms with Crippen molar-refractivity contribution < 1.29 is 24.3 Å². The van der Waals surface area contributed by atoms with Gasteiger partial charge in [-0.2, -0.15) is 0 Å². The van der Waals surface area contributed by atoms with Crippen LogP contribution in [0.4, 0.5) is 0 Å². The minimum Gasteiger partial charge on any atom is -0.389 e. The lowest BCUT2D eigenvalue weighted by atomic mass is 9.81. The van der Waals surface area contributed by atoms with Crippen molar-refractivity contribution in [2.45, 2.75) is 39.2 Å². The Labute approximate surface area is 151 Å². The fraction of sp³-hybridized carbons (Fsp3) is 0.474. The monoisotopic (exact) mass is 358 g/mol. The summed E-state index contributed by atoms with van der Waals surface area (Å²) in [5.74, 6) is -1.55. The largest absolute Gasteiger partial charge is 0.389 e. The summed E-state index contributed by atoms with van der Waals surface area (Å²) in [6.45, 7) is 3.27. The summed E-state index contributed by atoms with van der Waals surface area (Å²) < 4.78 is 0. The van der Waals surface area contributed by atoms with E-state index in [9.17, 15) is 24.3 Å². The van der Waals surface area contributed by atoms with Crippen molar-refractivity contribution in [3.8, 4) is 0 Å². The molecule has 3 rings (SSSR count). The van der Waals surface area contributed by atoms with Gasteiger partial charge in [-0.05, 0) is 25.0 Å². The number of fused-ring (bicyclic) bond motifs is 1. The van der Waals surface area contributed by atoms with Crippen LogP contribution in [-0.2, 0) is 9.59 Å². The molecule has 1 saturated heterocycles. The second-order valence-corrected chi connectivity index (χ2v) is 6.89. The number of β-amino-alcohol motifs (C(OH)–C–C–N with tert-alkyl or cyclic N) is 1. The highest BCUT2D eigenvalue weighted by molar-refractivity contribution is 6.21. The lowest BCUT2D eigenvalue weighted by molar-refractivity contribution is -0.143. The van der Waals surface area contributed by atoms with Crippen molar-refractivity contribution in [1.29, 1.82) is 0 Å². The maximum atomic E-state index is 12.6. The van der Waals surface area contributed by atoms with Gasteiger partial charge in [-0.15, -0.1) is 0 Å². The zero-order valence-electron chi connectivity index (χ0n) is 14.9. The van der Waals surface area contributed by atoms with E-state index >= 15 is 0 Å². The molecule has 1 aromatic rings. The zero-order valence-corrected chi connectivity index (χ0v) is 14.9. The van der Waals surface area contributed by atoms with E-state index < -0.39 is 23.3 Å². The van der Waals surface area contributed by atoms with Crippen LogP contribution >= 0.6 is 0 Å². The molecule has 1 aromatic carbocycles. The second kappa shape index (κ2) is 6.64. The molecule has 2 aliphatic rings. The first kappa shape index (κ1) is 18.3. The van der Waals surface area contributed by atoms with E-state index in [-0.39, 0.29) is 31.3 Å². The molecule has 0 unspecified atom stereocenters. The lowest BCUT2D eigenvalue weighted by Crippen LogP contribution is -2.45. The Bertz CT molecular complexity index is 749. The van der Waals surface area contributed by atoms with Crippen LogP contribution in [0.15, 0.2) is 24.3 Å². The van der Waals surface area contributed by atoms with Crippen molar-refractivity contribution in [2.75, 3.05) is 13.1 Å². The van der Waals surface area contributed by atoms with E-state index in [0.717, 1.165) is 9.80 Å². The van der Waals surface area contributed by atoms with Gasteiger partial charge in [0.05, 0.1) is 35.7 Å². The zero-order chi connectivity index (χ0) is 19.1. The Kier molecular flexibility index (Phi) is 4.66. The number of amides is 4. The molecule has 7 heteroatoms. The summed E-state index contributed by atoms with van der Waals surface area (Å²) in [5.41, 5.74) is -0.102. The third-order valence-corrected chi connectivity index (χ3v) is 5.51. The number of nitrogens with zero attached hydrogens (tertiary/aromatic N) is 2. The van der Waals surface area contributed by atoms with Gasteiger partial charge in [0.15, 0.2) is 0 Å². The molecule has 0 aromatic heterocycles. The minimum absolute atomic E-state index is 0.137. The van der Waals surface area contributed by atoms with E-state index in [1.165, 1.54) is 0 Å². The van der Waals surface area contributed by atoms with Crippen LogP contribution in [-0.4, -0.2) is 57.7 Å². The molecule has 0 spiro atoms. The summed E-state index contributed by atoms with van der Waals surface area (Å²) in [6, 6.07) is 6.46. The summed E-state index contributed by atoms with van der Waals surface area (Å²) in [6.07, 6.45) is 0.0612. The summed E-state index contributed by atoms with van der Waals surface area (Å²) in [5, 5.41) is 10.3. The third kappa shape index (κ3) is 2.72. The molecule has 1 N–H and O–H groups in total. The van der Waals surface area contributed by atoms with Crippen LogP contribution in [0.1, 0.15) is 53.8 Å². The van der Waals surface area contributed by atoms with Crippen LogP contribution in [0.3, 0.4) is 0 Å².